The van der Waals surface area contributed by atoms with Gasteiger partial charge in [-0.3, -0.25) is 4.79 Å². The van der Waals surface area contributed by atoms with Crippen LogP contribution in [0.15, 0.2) is 23.3 Å². The highest BCUT2D eigenvalue weighted by atomic mass is 32.2. The Bertz CT molecular complexity index is 667. The molecular weight excluding hydrogens is 292 g/mol. The number of hydrogen-bond donors (Lipinski definition) is 3. The normalized spacial score (nSPS) is 19.1. The zero-order valence-electron chi connectivity index (χ0n) is 10.9. The number of aromatic amines is 1. The number of H-pyrrole nitrogens is 1. The molecular formula is C13H16N4OS2. The molecule has 0 radical (unpaired) electrons. The molecule has 3 rings (SSSR count). The molecule has 1 fully saturated rings. The molecule has 0 saturated carbocycles. The minimum Gasteiger partial charge on any atom is -0.397 e. The van der Waals surface area contributed by atoms with E-state index in [0.29, 0.717) is 21.8 Å². The van der Waals surface area contributed by atoms with E-state index in [1.165, 1.54) is 23.6 Å². The van der Waals surface area contributed by atoms with Crippen molar-refractivity contribution in [3.05, 3.63) is 28.8 Å². The summed E-state index contributed by atoms with van der Waals surface area (Å²) in [6, 6.07) is 3.53. The minimum atomic E-state index is -0.160. The van der Waals surface area contributed by atoms with Gasteiger partial charge in [-0.15, -0.1) is 0 Å². The van der Waals surface area contributed by atoms with E-state index in [0.717, 1.165) is 12.2 Å². The maximum absolute atomic E-state index is 11.7. The summed E-state index contributed by atoms with van der Waals surface area (Å²) >= 11 is 4.00. The van der Waals surface area contributed by atoms with Gasteiger partial charge in [0.15, 0.2) is 0 Å². The molecule has 20 heavy (non-hydrogen) atoms. The van der Waals surface area contributed by atoms with Crippen LogP contribution in [0.2, 0.25) is 0 Å². The van der Waals surface area contributed by atoms with Crippen LogP contribution in [0, 0.1) is 0 Å². The van der Waals surface area contributed by atoms with Gasteiger partial charge >= 0.3 is 0 Å². The molecule has 0 spiro atoms. The first kappa shape index (κ1) is 13.6. The average Bonchev–Trinajstić information content (AvgIpc) is 2.47. The van der Waals surface area contributed by atoms with Crippen LogP contribution in [0.25, 0.3) is 10.9 Å². The van der Waals surface area contributed by atoms with Crippen molar-refractivity contribution in [2.75, 3.05) is 34.9 Å². The number of nitrogens with two attached hydrogens (primary N) is 1. The first-order chi connectivity index (χ1) is 9.74. The lowest BCUT2D eigenvalue weighted by molar-refractivity contribution is 1.01. The minimum absolute atomic E-state index is 0.160. The number of hydrogen-bond acceptors (Lipinski definition) is 6. The average molecular weight is 308 g/mol. The number of fused-ring (bicyclic) bond motifs is 1. The monoisotopic (exact) mass is 308 g/mol. The molecule has 2 heterocycles. The summed E-state index contributed by atoms with van der Waals surface area (Å²) in [5.41, 5.74) is 7.96. The summed E-state index contributed by atoms with van der Waals surface area (Å²) in [5.74, 6) is 3.62. The van der Waals surface area contributed by atoms with Crippen molar-refractivity contribution in [3.63, 3.8) is 0 Å². The van der Waals surface area contributed by atoms with Crippen LogP contribution in [-0.4, -0.2) is 39.0 Å². The lowest BCUT2D eigenvalue weighted by Gasteiger charge is -2.22. The van der Waals surface area contributed by atoms with Gasteiger partial charge in [0.2, 0.25) is 0 Å². The molecule has 0 amide bonds. The summed E-state index contributed by atoms with van der Waals surface area (Å²) in [6.45, 7) is 0.885. The molecule has 1 aliphatic heterocycles. The third-order valence-corrected chi connectivity index (χ3v) is 6.06. The Kier molecular flexibility index (Phi) is 4.07. The van der Waals surface area contributed by atoms with E-state index < -0.39 is 0 Å². The fourth-order valence-electron chi connectivity index (χ4n) is 2.16. The smallest absolute Gasteiger partial charge is 0.258 e. The van der Waals surface area contributed by atoms with E-state index in [1.807, 2.05) is 29.6 Å². The topological polar surface area (TPSA) is 83.8 Å². The van der Waals surface area contributed by atoms with Gasteiger partial charge in [0, 0.05) is 29.1 Å². The first-order valence-electron chi connectivity index (χ1n) is 6.44. The lowest BCUT2D eigenvalue weighted by atomic mass is 10.2. The van der Waals surface area contributed by atoms with E-state index in [9.17, 15) is 4.79 Å². The van der Waals surface area contributed by atoms with Gasteiger partial charge in [-0.25, -0.2) is 4.98 Å². The summed E-state index contributed by atoms with van der Waals surface area (Å²) in [5, 5.41) is 4.52. The molecule has 0 aliphatic carbocycles. The SMILES string of the molecule is Nc1cc2c(=O)[nH]cnc2cc1NCC1CSCCS1. The molecule has 4 N–H and O–H groups in total. The Morgan fingerprint density at radius 1 is 1.45 bits per heavy atom. The Morgan fingerprint density at radius 2 is 2.35 bits per heavy atom. The van der Waals surface area contributed by atoms with Crippen LogP contribution < -0.4 is 16.6 Å². The number of benzene rings is 1. The Hall–Kier alpha value is -1.34. The van der Waals surface area contributed by atoms with E-state index in [1.54, 1.807) is 6.07 Å². The second kappa shape index (κ2) is 5.97. The molecule has 1 aliphatic rings. The first-order valence-corrected chi connectivity index (χ1v) is 8.64. The zero-order valence-corrected chi connectivity index (χ0v) is 12.5. The number of nitrogens with one attached hydrogen (secondary N) is 2. The molecule has 0 bridgehead atoms. The highest BCUT2D eigenvalue weighted by Gasteiger charge is 2.14. The molecule has 1 atom stereocenters. The van der Waals surface area contributed by atoms with Crippen molar-refractivity contribution >= 4 is 45.8 Å². The fraction of sp³-hybridized carbons (Fsp3) is 0.385. The van der Waals surface area contributed by atoms with Crippen molar-refractivity contribution in [2.24, 2.45) is 0 Å². The van der Waals surface area contributed by atoms with E-state index in [2.05, 4.69) is 15.3 Å². The largest absolute Gasteiger partial charge is 0.397 e. The third-order valence-electron chi connectivity index (χ3n) is 3.22. The van der Waals surface area contributed by atoms with Gasteiger partial charge in [-0.05, 0) is 12.1 Å². The summed E-state index contributed by atoms with van der Waals surface area (Å²) in [4.78, 5) is 18.4. The van der Waals surface area contributed by atoms with Crippen LogP contribution in [0.4, 0.5) is 11.4 Å². The van der Waals surface area contributed by atoms with Crippen LogP contribution in [-0.2, 0) is 0 Å². The highest BCUT2D eigenvalue weighted by molar-refractivity contribution is 8.06. The molecule has 1 aromatic carbocycles. The van der Waals surface area contributed by atoms with Crippen molar-refractivity contribution in [3.8, 4) is 0 Å². The number of nitrogen functional groups attached to an aromatic ring is 1. The zero-order chi connectivity index (χ0) is 13.9. The Labute approximate surface area is 125 Å². The molecule has 1 saturated heterocycles. The molecule has 2 aromatic rings. The van der Waals surface area contributed by atoms with Crippen molar-refractivity contribution in [1.29, 1.82) is 0 Å². The van der Waals surface area contributed by atoms with Crippen molar-refractivity contribution < 1.29 is 0 Å². The predicted octanol–water partition coefficient (Wildman–Crippen LogP) is 1.77. The van der Waals surface area contributed by atoms with E-state index >= 15 is 0 Å². The van der Waals surface area contributed by atoms with Gasteiger partial charge in [0.25, 0.3) is 5.56 Å². The second-order valence-corrected chi connectivity index (χ2v) is 7.19. The maximum atomic E-state index is 11.7. The van der Waals surface area contributed by atoms with Gasteiger partial charge in [-0.1, -0.05) is 0 Å². The molecule has 106 valence electrons. The second-order valence-electron chi connectivity index (χ2n) is 4.64. The number of nitrogens with zero attached hydrogens (tertiary/aromatic N) is 1. The fourth-order valence-corrected chi connectivity index (χ4v) is 4.78. The van der Waals surface area contributed by atoms with Crippen LogP contribution in [0.3, 0.4) is 0 Å². The maximum Gasteiger partial charge on any atom is 0.258 e. The van der Waals surface area contributed by atoms with E-state index in [-0.39, 0.29) is 5.56 Å². The quantitative estimate of drug-likeness (QED) is 0.750. The Balaban J connectivity index is 1.80. The molecule has 5 nitrogen and oxygen atoms in total. The number of aromatic nitrogens is 2. The van der Waals surface area contributed by atoms with Gasteiger partial charge in [0.1, 0.15) is 0 Å². The van der Waals surface area contributed by atoms with Gasteiger partial charge < -0.3 is 16.0 Å². The highest BCUT2D eigenvalue weighted by Crippen LogP contribution is 2.27. The molecule has 1 unspecified atom stereocenters. The van der Waals surface area contributed by atoms with Gasteiger partial charge in [0.05, 0.1) is 28.6 Å². The Morgan fingerprint density at radius 3 is 3.15 bits per heavy atom. The third kappa shape index (κ3) is 2.88. The number of rotatable bonds is 3. The number of anilines is 2. The standard InChI is InChI=1S/C13H16N4OS2/c14-10-3-9-11(16-7-17-13(9)18)4-12(10)15-5-8-6-19-1-2-20-8/h3-4,7-8,15H,1-2,5-6,14H2,(H,16,17,18). The molecule has 1 aromatic heterocycles. The number of thioether (sulfide) groups is 2. The summed E-state index contributed by atoms with van der Waals surface area (Å²) < 4.78 is 0. The van der Waals surface area contributed by atoms with Crippen LogP contribution in [0.1, 0.15) is 0 Å². The van der Waals surface area contributed by atoms with E-state index in [4.69, 9.17) is 5.73 Å². The van der Waals surface area contributed by atoms with Gasteiger partial charge in [-0.2, -0.15) is 23.5 Å². The lowest BCUT2D eigenvalue weighted by Crippen LogP contribution is -2.23. The summed E-state index contributed by atoms with van der Waals surface area (Å²) in [7, 11) is 0. The predicted molar refractivity (Wildman–Crippen MR) is 88.8 cm³/mol. The van der Waals surface area contributed by atoms with Crippen molar-refractivity contribution in [1.82, 2.24) is 9.97 Å². The molecule has 7 heteroatoms. The summed E-state index contributed by atoms with van der Waals surface area (Å²) in [6.07, 6.45) is 1.41. The van der Waals surface area contributed by atoms with Crippen molar-refractivity contribution in [2.45, 2.75) is 5.25 Å². The van der Waals surface area contributed by atoms with Crippen LogP contribution >= 0.6 is 23.5 Å². The van der Waals surface area contributed by atoms with Crippen LogP contribution in [0.5, 0.6) is 0 Å².